The molecule has 3 aromatic carbocycles. The van der Waals surface area contributed by atoms with Gasteiger partial charge in [-0.15, -0.1) is 0 Å². The summed E-state index contributed by atoms with van der Waals surface area (Å²) in [6.45, 7) is 2.60. The second-order valence-electron chi connectivity index (χ2n) is 16.3. The van der Waals surface area contributed by atoms with E-state index in [1.54, 1.807) is 43.2 Å². The highest BCUT2D eigenvalue weighted by Gasteiger charge is 2.47. The van der Waals surface area contributed by atoms with Crippen molar-refractivity contribution in [3.05, 3.63) is 102 Å². The van der Waals surface area contributed by atoms with Crippen LogP contribution in [0.3, 0.4) is 0 Å². The third-order valence-corrected chi connectivity index (χ3v) is 12.8. The second kappa shape index (κ2) is 18.9. The summed E-state index contributed by atoms with van der Waals surface area (Å²) in [4.78, 5) is 57.8. The number of imide groups is 2. The second-order valence-corrected chi connectivity index (χ2v) is 17.9. The van der Waals surface area contributed by atoms with Crippen molar-refractivity contribution in [3.63, 3.8) is 0 Å². The highest BCUT2D eigenvalue weighted by Crippen LogP contribution is 2.41. The van der Waals surface area contributed by atoms with Crippen LogP contribution in [0.1, 0.15) is 84.3 Å². The Hall–Kier alpha value is -7.29. The number of nitrogen functional groups attached to an aromatic ring is 1. The number of aromatic nitrogens is 5. The molecule has 5 heterocycles. The maximum atomic E-state index is 13.6. The van der Waals surface area contributed by atoms with E-state index in [1.807, 2.05) is 15.6 Å². The molecule has 6 aromatic rings. The van der Waals surface area contributed by atoms with Gasteiger partial charge in [0.2, 0.25) is 5.91 Å². The largest absolute Gasteiger partial charge is 0.493 e. The maximum Gasteiger partial charge on any atom is 0.355 e. The summed E-state index contributed by atoms with van der Waals surface area (Å²) >= 11 is 0. The van der Waals surface area contributed by atoms with Gasteiger partial charge in [-0.1, -0.05) is 43.5 Å². The topological polar surface area (TPSA) is 214 Å². The van der Waals surface area contributed by atoms with Crippen LogP contribution < -0.4 is 19.9 Å². The average molecular weight is 942 g/mol. The predicted molar refractivity (Wildman–Crippen MR) is 240 cm³/mol. The number of benzene rings is 3. The molecule has 2 aliphatic heterocycles. The monoisotopic (exact) mass is 941 g/mol. The standard InChI is InChI=1S/C46H46F3N9O8S/c1-26(27-12-15-30(47)16-13-27)66-36-22-28(14-17-33(36)54-67(63,64)46(48)49)40-39-41(56(3)53-40)32(24-51-42(39)50)29-23-52-57(25-29)20-7-5-4-6-8-21-65-35-11-9-10-31-38(35)45(62)58(43(31)60)34-18-19-37(59)55(2)44(34)61/h9-17,22-26,34,46,54H,4-8,18-21H2,1-3H3,(H2,50,51)/t26-,34?/m0/s1. The van der Waals surface area contributed by atoms with Crippen LogP contribution >= 0.6 is 0 Å². The summed E-state index contributed by atoms with van der Waals surface area (Å²) in [6.07, 6.45) is 8.82. The molecule has 67 heavy (non-hydrogen) atoms. The molecule has 2 atom stereocenters. The minimum absolute atomic E-state index is 0.0574. The number of hydrogen-bond donors (Lipinski definition) is 2. The van der Waals surface area contributed by atoms with Gasteiger partial charge in [-0.3, -0.25) is 43.1 Å². The third-order valence-electron chi connectivity index (χ3n) is 11.9. The number of unbranched alkanes of at least 4 members (excludes halogenated alkanes) is 4. The number of pyridine rings is 1. The number of anilines is 2. The molecule has 8 rings (SSSR count). The lowest BCUT2D eigenvalue weighted by molar-refractivity contribution is -0.149. The zero-order chi connectivity index (χ0) is 47.7. The summed E-state index contributed by atoms with van der Waals surface area (Å²) in [5.41, 5.74) is 9.93. The molecule has 1 saturated heterocycles. The molecular formula is C46H46F3N9O8S. The van der Waals surface area contributed by atoms with Gasteiger partial charge in [0.05, 0.1) is 40.5 Å². The van der Waals surface area contributed by atoms with Crippen LogP contribution in [0, 0.1) is 5.82 Å². The molecule has 350 valence electrons. The van der Waals surface area contributed by atoms with Crippen LogP contribution in [0.5, 0.6) is 11.5 Å². The van der Waals surface area contributed by atoms with Crippen molar-refractivity contribution in [2.75, 3.05) is 24.1 Å². The fourth-order valence-electron chi connectivity index (χ4n) is 8.32. The van der Waals surface area contributed by atoms with Gasteiger partial charge in [0, 0.05) is 56.1 Å². The number of alkyl halides is 2. The number of aryl methyl sites for hydroxylation is 2. The van der Waals surface area contributed by atoms with Crippen LogP contribution in [0.4, 0.5) is 24.7 Å². The molecule has 0 bridgehead atoms. The lowest BCUT2D eigenvalue weighted by atomic mass is 10.0. The molecule has 0 spiro atoms. The number of sulfonamides is 1. The van der Waals surface area contributed by atoms with E-state index in [-0.39, 0.29) is 52.9 Å². The van der Waals surface area contributed by atoms with Crippen molar-refractivity contribution in [1.82, 2.24) is 34.3 Å². The Morgan fingerprint density at radius 1 is 0.896 bits per heavy atom. The van der Waals surface area contributed by atoms with Crippen LogP contribution in [-0.2, 0) is 33.2 Å². The average Bonchev–Trinajstić information content (AvgIpc) is 3.99. The number of amides is 4. The summed E-state index contributed by atoms with van der Waals surface area (Å²) in [6, 6.07) is 13.5. The minimum atomic E-state index is -5.07. The molecule has 0 aliphatic carbocycles. The molecular weight excluding hydrogens is 896 g/mol. The molecule has 3 N–H and O–H groups in total. The first-order valence-corrected chi connectivity index (χ1v) is 23.0. The van der Waals surface area contributed by atoms with Gasteiger partial charge in [0.1, 0.15) is 41.0 Å². The minimum Gasteiger partial charge on any atom is -0.493 e. The summed E-state index contributed by atoms with van der Waals surface area (Å²) in [5, 5.41) is 9.80. The lowest BCUT2D eigenvalue weighted by Crippen LogP contribution is -2.54. The van der Waals surface area contributed by atoms with Crippen LogP contribution in [0.2, 0.25) is 0 Å². The van der Waals surface area contributed by atoms with Crippen molar-refractivity contribution in [2.45, 2.75) is 76.3 Å². The molecule has 2 aliphatic rings. The number of ether oxygens (including phenoxy) is 2. The SMILES string of the molecule is C[C@H](Oc1cc(-c2nn(C)c3c(-c4cnn(CCCCCCCOc5cccc6c5C(=O)N(C5CCC(=O)N(C)C5=O)C6=O)c4)cnc(N)c23)ccc1NS(=O)(=O)C(F)F)c1ccc(F)cc1. The van der Waals surface area contributed by atoms with Crippen LogP contribution in [0.25, 0.3) is 33.3 Å². The van der Waals surface area contributed by atoms with Crippen molar-refractivity contribution in [1.29, 1.82) is 0 Å². The highest BCUT2D eigenvalue weighted by atomic mass is 32.2. The van der Waals surface area contributed by atoms with E-state index in [1.165, 1.54) is 55.6 Å². The zero-order valence-electron chi connectivity index (χ0n) is 36.6. The van der Waals surface area contributed by atoms with Crippen molar-refractivity contribution >= 4 is 56.1 Å². The summed E-state index contributed by atoms with van der Waals surface area (Å²) < 4.78 is 82.4. The number of piperidine rings is 1. The Balaban J connectivity index is 0.890. The highest BCUT2D eigenvalue weighted by molar-refractivity contribution is 7.93. The van der Waals surface area contributed by atoms with E-state index >= 15 is 0 Å². The first kappa shape index (κ1) is 46.2. The van der Waals surface area contributed by atoms with Gasteiger partial charge in [-0.05, 0) is 68.1 Å². The number of halogens is 3. The van der Waals surface area contributed by atoms with E-state index in [2.05, 4.69) is 10.1 Å². The molecule has 0 radical (unpaired) electrons. The Labute approximate surface area is 382 Å². The Kier molecular flexibility index (Phi) is 13.0. The number of rotatable bonds is 18. The number of nitrogens with one attached hydrogen (secondary N) is 1. The van der Waals surface area contributed by atoms with Crippen molar-refractivity contribution in [3.8, 4) is 33.9 Å². The quantitative estimate of drug-likeness (QED) is 0.0653. The molecule has 1 fully saturated rings. The van der Waals surface area contributed by atoms with Gasteiger partial charge in [0.25, 0.3) is 27.7 Å². The van der Waals surface area contributed by atoms with Crippen LogP contribution in [-0.4, -0.2) is 91.8 Å². The maximum absolute atomic E-state index is 13.6. The Bertz CT molecular complexity index is 3010. The molecule has 3 aromatic heterocycles. The molecule has 17 nitrogen and oxygen atoms in total. The summed E-state index contributed by atoms with van der Waals surface area (Å²) in [5.74, 6) is -5.94. The molecule has 4 amide bonds. The smallest absolute Gasteiger partial charge is 0.355 e. The zero-order valence-corrected chi connectivity index (χ0v) is 37.4. The lowest BCUT2D eigenvalue weighted by Gasteiger charge is -2.32. The fraction of sp³-hybridized carbons (Fsp3) is 0.326. The van der Waals surface area contributed by atoms with Gasteiger partial charge >= 0.3 is 5.76 Å². The number of fused-ring (bicyclic) bond motifs is 2. The van der Waals surface area contributed by atoms with E-state index in [4.69, 9.17) is 20.3 Å². The van der Waals surface area contributed by atoms with Crippen molar-refractivity contribution < 1.29 is 50.2 Å². The number of nitrogens with zero attached hydrogens (tertiary/aromatic N) is 7. The summed E-state index contributed by atoms with van der Waals surface area (Å²) in [7, 11) is -1.99. The van der Waals surface area contributed by atoms with Gasteiger partial charge in [-0.25, -0.2) is 17.8 Å². The van der Waals surface area contributed by atoms with Crippen LogP contribution in [0.15, 0.2) is 79.3 Å². The molecule has 21 heteroatoms. The normalized spacial score (nSPS) is 15.8. The van der Waals surface area contributed by atoms with E-state index < -0.39 is 51.5 Å². The number of hydrogen-bond acceptors (Lipinski definition) is 12. The van der Waals surface area contributed by atoms with E-state index in [9.17, 15) is 40.8 Å². The molecule has 1 unspecified atom stereocenters. The van der Waals surface area contributed by atoms with Gasteiger partial charge < -0.3 is 15.2 Å². The van der Waals surface area contributed by atoms with E-state index in [0.717, 1.165) is 41.0 Å². The first-order chi connectivity index (χ1) is 32.0. The number of nitrogens with two attached hydrogens (primary N) is 1. The van der Waals surface area contributed by atoms with Crippen molar-refractivity contribution in [2.24, 2.45) is 7.05 Å². The number of carbonyl (C=O) groups is 4. The predicted octanol–water partition coefficient (Wildman–Crippen LogP) is 7.10. The fourth-order valence-corrected chi connectivity index (χ4v) is 8.88. The number of likely N-dealkylation sites (tertiary alicyclic amines) is 1. The first-order valence-electron chi connectivity index (χ1n) is 21.5. The van der Waals surface area contributed by atoms with Gasteiger partial charge in [0.15, 0.2) is 0 Å². The molecule has 0 saturated carbocycles. The number of likely N-dealkylation sites (N-methyl/N-ethyl adjacent to an activating group) is 1. The Morgan fingerprint density at radius 2 is 1.64 bits per heavy atom. The van der Waals surface area contributed by atoms with E-state index in [0.29, 0.717) is 52.9 Å². The Morgan fingerprint density at radius 3 is 2.40 bits per heavy atom. The number of carbonyl (C=O) groups excluding carboxylic acids is 4. The van der Waals surface area contributed by atoms with Gasteiger partial charge in [-0.2, -0.15) is 19.0 Å². The third kappa shape index (κ3) is 9.27.